The minimum atomic E-state index is 0.0633. The molecule has 0 heterocycles. The quantitative estimate of drug-likeness (QED) is 0.714. The Morgan fingerprint density at radius 3 is 2.75 bits per heavy atom. The molecule has 1 aromatic carbocycles. The molecular weight excluding hydrogens is 318 g/mol. The Kier molecular flexibility index (Phi) is 7.62. The van der Waals surface area contributed by atoms with Gasteiger partial charge >= 0.3 is 0 Å². The van der Waals surface area contributed by atoms with Crippen LogP contribution >= 0.6 is 15.9 Å². The number of halogens is 1. The number of amides is 1. The number of carbonyl (C=O) groups is 1. The van der Waals surface area contributed by atoms with E-state index in [9.17, 15) is 4.79 Å². The first-order valence-electron chi connectivity index (χ1n) is 6.99. The number of nitrogens with one attached hydrogen (secondary N) is 2. The van der Waals surface area contributed by atoms with Crippen LogP contribution in [0.1, 0.15) is 25.3 Å². The Balaban J connectivity index is 2.60. The summed E-state index contributed by atoms with van der Waals surface area (Å²) in [5.74, 6) is 0.0633. The molecule has 0 aliphatic heterocycles. The smallest absolute Gasteiger partial charge is 0.221 e. The lowest BCUT2D eigenvalue weighted by molar-refractivity contribution is -0.120. The average Bonchev–Trinajstić information content (AvgIpc) is 2.44. The molecule has 1 aromatic rings. The van der Waals surface area contributed by atoms with Crippen LogP contribution in [-0.4, -0.2) is 33.1 Å². The molecule has 0 fully saturated rings. The first kappa shape index (κ1) is 17.0. The summed E-state index contributed by atoms with van der Waals surface area (Å²) in [5, 5.41) is 6.03. The van der Waals surface area contributed by atoms with Crippen molar-refractivity contribution in [1.82, 2.24) is 10.6 Å². The molecule has 0 saturated heterocycles. The maximum absolute atomic E-state index is 11.3. The van der Waals surface area contributed by atoms with Crippen molar-refractivity contribution in [3.05, 3.63) is 28.2 Å². The molecule has 0 aliphatic carbocycles. The highest BCUT2D eigenvalue weighted by Gasteiger charge is 2.08. The third-order valence-electron chi connectivity index (χ3n) is 3.13. The Labute approximate surface area is 130 Å². The normalized spacial score (nSPS) is 10.4. The summed E-state index contributed by atoms with van der Waals surface area (Å²) in [6.45, 7) is 4.78. The zero-order chi connectivity index (χ0) is 15.0. The number of carbonyl (C=O) groups excluding carboxylic acids is 1. The second-order valence-electron chi connectivity index (χ2n) is 4.81. The van der Waals surface area contributed by atoms with Crippen LogP contribution in [0.15, 0.2) is 22.7 Å². The number of nitrogens with zero attached hydrogens (tertiary/aromatic N) is 1. The van der Waals surface area contributed by atoms with Gasteiger partial charge in [-0.2, -0.15) is 0 Å². The van der Waals surface area contributed by atoms with Crippen LogP contribution in [0, 0.1) is 0 Å². The molecule has 1 rings (SSSR count). The van der Waals surface area contributed by atoms with Crippen molar-refractivity contribution in [2.24, 2.45) is 0 Å². The van der Waals surface area contributed by atoms with Crippen LogP contribution in [0.3, 0.4) is 0 Å². The van der Waals surface area contributed by atoms with Gasteiger partial charge in [0, 0.05) is 38.1 Å². The van der Waals surface area contributed by atoms with E-state index in [0.29, 0.717) is 13.0 Å². The molecule has 0 saturated carbocycles. The van der Waals surface area contributed by atoms with E-state index in [1.54, 1.807) is 7.05 Å². The number of benzene rings is 1. The molecule has 0 aliphatic rings. The Hall–Kier alpha value is -1.07. The summed E-state index contributed by atoms with van der Waals surface area (Å²) in [6.07, 6.45) is 1.64. The van der Waals surface area contributed by atoms with E-state index in [0.717, 1.165) is 29.7 Å². The van der Waals surface area contributed by atoms with Gasteiger partial charge in [-0.25, -0.2) is 0 Å². The standard InChI is InChI=1S/C15H24BrN3O/c1-4-8-18-11-12-5-6-14(13(16)10-12)19(3)9-7-15(20)17-2/h5-6,10,18H,4,7-9,11H2,1-3H3,(H,17,20). The van der Waals surface area contributed by atoms with Crippen molar-refractivity contribution < 1.29 is 4.79 Å². The predicted octanol–water partition coefficient (Wildman–Crippen LogP) is 2.52. The van der Waals surface area contributed by atoms with Gasteiger partial charge in [0.25, 0.3) is 0 Å². The van der Waals surface area contributed by atoms with E-state index in [1.807, 2.05) is 7.05 Å². The fraction of sp³-hybridized carbons (Fsp3) is 0.533. The van der Waals surface area contributed by atoms with Crippen LogP contribution in [-0.2, 0) is 11.3 Å². The van der Waals surface area contributed by atoms with Gasteiger partial charge in [0.05, 0.1) is 5.69 Å². The predicted molar refractivity (Wildman–Crippen MR) is 88.1 cm³/mol. The molecule has 0 unspecified atom stereocenters. The van der Waals surface area contributed by atoms with Crippen LogP contribution in [0.4, 0.5) is 5.69 Å². The number of rotatable bonds is 8. The molecule has 4 nitrogen and oxygen atoms in total. The van der Waals surface area contributed by atoms with Crippen LogP contribution < -0.4 is 15.5 Å². The summed E-state index contributed by atoms with van der Waals surface area (Å²) in [7, 11) is 3.66. The van der Waals surface area contributed by atoms with Crippen molar-refractivity contribution >= 4 is 27.5 Å². The Morgan fingerprint density at radius 1 is 1.40 bits per heavy atom. The molecule has 5 heteroatoms. The maximum atomic E-state index is 11.3. The highest BCUT2D eigenvalue weighted by Crippen LogP contribution is 2.26. The lowest BCUT2D eigenvalue weighted by atomic mass is 10.2. The maximum Gasteiger partial charge on any atom is 0.221 e. The monoisotopic (exact) mass is 341 g/mol. The zero-order valence-corrected chi connectivity index (χ0v) is 14.1. The average molecular weight is 342 g/mol. The van der Waals surface area contributed by atoms with Crippen molar-refractivity contribution in [1.29, 1.82) is 0 Å². The molecule has 0 aromatic heterocycles. The number of hydrogen-bond donors (Lipinski definition) is 2. The van der Waals surface area contributed by atoms with Crippen molar-refractivity contribution in [2.75, 3.05) is 32.1 Å². The van der Waals surface area contributed by atoms with Crippen LogP contribution in [0.2, 0.25) is 0 Å². The lowest BCUT2D eigenvalue weighted by Crippen LogP contribution is -2.26. The minimum Gasteiger partial charge on any atom is -0.373 e. The SMILES string of the molecule is CCCNCc1ccc(N(C)CCC(=O)NC)c(Br)c1. The van der Waals surface area contributed by atoms with Crippen molar-refractivity contribution in [3.8, 4) is 0 Å². The molecule has 20 heavy (non-hydrogen) atoms. The van der Waals surface area contributed by atoms with Gasteiger partial charge in [-0.1, -0.05) is 13.0 Å². The summed E-state index contributed by atoms with van der Waals surface area (Å²) in [4.78, 5) is 13.4. The number of anilines is 1. The third-order valence-corrected chi connectivity index (χ3v) is 3.77. The topological polar surface area (TPSA) is 44.4 Å². The zero-order valence-electron chi connectivity index (χ0n) is 12.5. The Bertz CT molecular complexity index is 437. The molecule has 0 atom stereocenters. The van der Waals surface area contributed by atoms with Crippen molar-refractivity contribution in [3.63, 3.8) is 0 Å². The first-order chi connectivity index (χ1) is 9.58. The lowest BCUT2D eigenvalue weighted by Gasteiger charge is -2.21. The summed E-state index contributed by atoms with van der Waals surface area (Å²) >= 11 is 3.61. The second-order valence-corrected chi connectivity index (χ2v) is 5.66. The van der Waals surface area contributed by atoms with Gasteiger partial charge < -0.3 is 15.5 Å². The first-order valence-corrected chi connectivity index (χ1v) is 7.78. The van der Waals surface area contributed by atoms with E-state index in [4.69, 9.17) is 0 Å². The summed E-state index contributed by atoms with van der Waals surface area (Å²) in [5.41, 5.74) is 2.36. The van der Waals surface area contributed by atoms with Crippen LogP contribution in [0.5, 0.6) is 0 Å². The molecular formula is C15H24BrN3O. The van der Waals surface area contributed by atoms with E-state index in [-0.39, 0.29) is 5.91 Å². The molecule has 0 radical (unpaired) electrons. The van der Waals surface area contributed by atoms with Crippen molar-refractivity contribution in [2.45, 2.75) is 26.3 Å². The Morgan fingerprint density at radius 2 is 2.15 bits per heavy atom. The fourth-order valence-electron chi connectivity index (χ4n) is 1.89. The molecule has 112 valence electrons. The summed E-state index contributed by atoms with van der Waals surface area (Å²) < 4.78 is 1.06. The van der Waals surface area contributed by atoms with E-state index in [1.165, 1.54) is 5.56 Å². The number of hydrogen-bond acceptors (Lipinski definition) is 3. The molecule has 2 N–H and O–H groups in total. The summed E-state index contributed by atoms with van der Waals surface area (Å²) in [6, 6.07) is 6.35. The third kappa shape index (κ3) is 5.51. The fourth-order valence-corrected chi connectivity index (χ4v) is 2.62. The van der Waals surface area contributed by atoms with Gasteiger partial charge in [-0.3, -0.25) is 4.79 Å². The highest BCUT2D eigenvalue weighted by atomic mass is 79.9. The van der Waals surface area contributed by atoms with E-state index >= 15 is 0 Å². The van der Waals surface area contributed by atoms with E-state index in [2.05, 4.69) is 56.6 Å². The minimum absolute atomic E-state index is 0.0633. The van der Waals surface area contributed by atoms with Gasteiger partial charge in [0.15, 0.2) is 0 Å². The molecule has 1 amide bonds. The van der Waals surface area contributed by atoms with Gasteiger partial charge in [-0.05, 0) is 46.6 Å². The largest absolute Gasteiger partial charge is 0.373 e. The second kappa shape index (κ2) is 8.97. The molecule has 0 bridgehead atoms. The van der Waals surface area contributed by atoms with Crippen LogP contribution in [0.25, 0.3) is 0 Å². The molecule has 0 spiro atoms. The van der Waals surface area contributed by atoms with E-state index < -0.39 is 0 Å². The van der Waals surface area contributed by atoms with Gasteiger partial charge in [0.1, 0.15) is 0 Å². The highest BCUT2D eigenvalue weighted by molar-refractivity contribution is 9.10. The van der Waals surface area contributed by atoms with Gasteiger partial charge in [-0.15, -0.1) is 0 Å². The van der Waals surface area contributed by atoms with Gasteiger partial charge in [0.2, 0.25) is 5.91 Å².